The van der Waals surface area contributed by atoms with E-state index < -0.39 is 47.9 Å². The van der Waals surface area contributed by atoms with E-state index in [-0.39, 0.29) is 42.8 Å². The SMILES string of the molecule is CCCCOP(=O)(OCCCC)Oc1c2c(cc3c1C(=O)N[C@@H]1C3C(I)[C@H](O)[C@@H](O)[C@H]1O)OCO2. The molecule has 6 atom stereocenters. The fraction of sp³-hybridized carbons (Fsp3) is 0.682. The van der Waals surface area contributed by atoms with E-state index in [9.17, 15) is 24.7 Å². The number of nitrogens with one attached hydrogen (secondary N) is 1. The molecule has 2 aliphatic heterocycles. The van der Waals surface area contributed by atoms with E-state index in [0.717, 1.165) is 12.8 Å². The van der Waals surface area contributed by atoms with Crippen molar-refractivity contribution in [2.45, 2.75) is 73.7 Å². The van der Waals surface area contributed by atoms with Crippen molar-refractivity contribution in [1.29, 1.82) is 0 Å². The van der Waals surface area contributed by atoms with Crippen LogP contribution in [0.25, 0.3) is 0 Å². The third-order valence-electron chi connectivity index (χ3n) is 6.36. The Balaban J connectivity index is 1.78. The molecule has 3 aliphatic rings. The molecule has 13 heteroatoms. The minimum atomic E-state index is -4.15. The van der Waals surface area contributed by atoms with Gasteiger partial charge in [-0.05, 0) is 24.5 Å². The summed E-state index contributed by atoms with van der Waals surface area (Å²) in [4.78, 5) is 13.3. The summed E-state index contributed by atoms with van der Waals surface area (Å²) in [5.74, 6) is -0.998. The molecule has 1 saturated carbocycles. The zero-order chi connectivity index (χ0) is 25.3. The van der Waals surface area contributed by atoms with E-state index in [1.165, 1.54) is 0 Å². The second-order valence-electron chi connectivity index (χ2n) is 8.76. The highest BCUT2D eigenvalue weighted by Crippen LogP contribution is 2.58. The number of unbranched alkanes of at least 4 members (excludes halogenated alkanes) is 2. The van der Waals surface area contributed by atoms with Gasteiger partial charge in [-0.3, -0.25) is 13.8 Å². The number of aliphatic hydroxyl groups is 3. The fourth-order valence-electron chi connectivity index (χ4n) is 4.45. The number of hydrogen-bond acceptors (Lipinski definition) is 10. The molecule has 1 amide bonds. The van der Waals surface area contributed by atoms with Gasteiger partial charge in [0.2, 0.25) is 12.5 Å². The highest BCUT2D eigenvalue weighted by atomic mass is 127. The zero-order valence-electron chi connectivity index (χ0n) is 19.5. The summed E-state index contributed by atoms with van der Waals surface area (Å²) in [6, 6.07) is 0.738. The number of alkyl halides is 1. The Morgan fingerprint density at radius 2 is 1.74 bits per heavy atom. The smallest absolute Gasteiger partial charge is 0.453 e. The lowest BCUT2D eigenvalue weighted by atomic mass is 9.72. The largest absolute Gasteiger partial charge is 0.530 e. The molecular weight excluding hydrogens is 596 g/mol. The third kappa shape index (κ3) is 5.16. The first kappa shape index (κ1) is 26.9. The summed E-state index contributed by atoms with van der Waals surface area (Å²) in [5.41, 5.74) is 0.447. The molecule has 0 radical (unpaired) electrons. The average Bonchev–Trinajstić information content (AvgIpc) is 3.30. The first-order valence-corrected chi connectivity index (χ1v) is 14.5. The Labute approximate surface area is 217 Å². The van der Waals surface area contributed by atoms with Crippen molar-refractivity contribution in [2.75, 3.05) is 20.0 Å². The molecule has 0 bridgehead atoms. The van der Waals surface area contributed by atoms with Gasteiger partial charge in [-0.15, -0.1) is 0 Å². The molecule has 4 rings (SSSR count). The van der Waals surface area contributed by atoms with Crippen LogP contribution in [-0.2, 0) is 13.6 Å². The lowest BCUT2D eigenvalue weighted by Gasteiger charge is -2.47. The van der Waals surface area contributed by atoms with Gasteiger partial charge in [-0.1, -0.05) is 49.3 Å². The Hall–Kier alpha value is -1.15. The van der Waals surface area contributed by atoms with E-state index in [4.69, 9.17) is 23.0 Å². The quantitative estimate of drug-likeness (QED) is 0.132. The topological polar surface area (TPSA) is 153 Å². The Kier molecular flexibility index (Phi) is 8.51. The van der Waals surface area contributed by atoms with E-state index in [1.807, 2.05) is 36.4 Å². The van der Waals surface area contributed by atoms with Crippen LogP contribution >= 0.6 is 30.4 Å². The summed E-state index contributed by atoms with van der Waals surface area (Å²) in [7, 11) is -4.15. The van der Waals surface area contributed by atoms with Gasteiger partial charge < -0.3 is 34.6 Å². The molecule has 1 aliphatic carbocycles. The maximum absolute atomic E-state index is 13.6. The van der Waals surface area contributed by atoms with Crippen LogP contribution in [0.3, 0.4) is 0 Å². The van der Waals surface area contributed by atoms with Crippen molar-refractivity contribution in [1.82, 2.24) is 5.32 Å². The predicted molar refractivity (Wildman–Crippen MR) is 132 cm³/mol. The van der Waals surface area contributed by atoms with Gasteiger partial charge in [0.15, 0.2) is 11.5 Å². The predicted octanol–water partition coefficient (Wildman–Crippen LogP) is 2.63. The minimum Gasteiger partial charge on any atom is -0.453 e. The van der Waals surface area contributed by atoms with Crippen LogP contribution in [0.15, 0.2) is 6.07 Å². The van der Waals surface area contributed by atoms with Crippen molar-refractivity contribution < 1.29 is 47.7 Å². The molecule has 11 nitrogen and oxygen atoms in total. The van der Waals surface area contributed by atoms with Gasteiger partial charge in [0.1, 0.15) is 12.2 Å². The fourth-order valence-corrected chi connectivity index (χ4v) is 6.99. The summed E-state index contributed by atoms with van der Waals surface area (Å²) in [6.45, 7) is 4.06. The normalized spacial score (nSPS) is 29.4. The van der Waals surface area contributed by atoms with Gasteiger partial charge >= 0.3 is 7.82 Å². The molecule has 1 aromatic carbocycles. The number of halogens is 1. The number of benzene rings is 1. The number of phosphoric ester groups is 1. The van der Waals surface area contributed by atoms with Crippen molar-refractivity contribution in [3.8, 4) is 17.2 Å². The number of hydrogen-bond donors (Lipinski definition) is 4. The number of phosphoric acid groups is 1. The maximum Gasteiger partial charge on any atom is 0.530 e. The monoisotopic (exact) mass is 627 g/mol. The third-order valence-corrected chi connectivity index (χ3v) is 9.27. The van der Waals surface area contributed by atoms with Crippen LogP contribution in [0.5, 0.6) is 17.2 Å². The van der Waals surface area contributed by atoms with Crippen LogP contribution < -0.4 is 19.3 Å². The minimum absolute atomic E-state index is 0.0337. The number of fused-ring (bicyclic) bond motifs is 4. The first-order chi connectivity index (χ1) is 16.7. The Morgan fingerprint density at radius 1 is 1.09 bits per heavy atom. The number of ether oxygens (including phenoxy) is 2. The summed E-state index contributed by atoms with van der Waals surface area (Å²) in [5, 5.41) is 34.1. The molecular formula is C22H31INO10P. The maximum atomic E-state index is 13.6. The van der Waals surface area contributed by atoms with E-state index >= 15 is 0 Å². The number of carbonyl (C=O) groups excluding carboxylic acids is 1. The molecule has 1 aromatic rings. The van der Waals surface area contributed by atoms with Crippen molar-refractivity contribution in [3.05, 3.63) is 17.2 Å². The van der Waals surface area contributed by atoms with Crippen molar-refractivity contribution in [3.63, 3.8) is 0 Å². The van der Waals surface area contributed by atoms with Gasteiger partial charge in [0.25, 0.3) is 5.91 Å². The van der Waals surface area contributed by atoms with Gasteiger partial charge in [0.05, 0.1) is 30.9 Å². The lowest BCUT2D eigenvalue weighted by molar-refractivity contribution is -0.0985. The summed E-state index contributed by atoms with van der Waals surface area (Å²) in [6.07, 6.45) is -1.19. The lowest BCUT2D eigenvalue weighted by Crippen LogP contribution is -2.65. The van der Waals surface area contributed by atoms with Crippen LogP contribution in [0, 0.1) is 0 Å². The molecule has 4 N–H and O–H groups in total. The van der Waals surface area contributed by atoms with E-state index in [2.05, 4.69) is 5.32 Å². The number of aliphatic hydroxyl groups excluding tert-OH is 3. The van der Waals surface area contributed by atoms with Gasteiger partial charge in [-0.25, -0.2) is 4.57 Å². The Morgan fingerprint density at radius 3 is 2.37 bits per heavy atom. The molecule has 35 heavy (non-hydrogen) atoms. The average molecular weight is 627 g/mol. The molecule has 2 heterocycles. The van der Waals surface area contributed by atoms with Crippen molar-refractivity contribution in [2.24, 2.45) is 0 Å². The molecule has 0 spiro atoms. The molecule has 2 unspecified atom stereocenters. The second-order valence-corrected chi connectivity index (χ2v) is 11.8. The van der Waals surface area contributed by atoms with E-state index in [0.29, 0.717) is 18.4 Å². The van der Waals surface area contributed by atoms with Gasteiger partial charge in [-0.2, -0.15) is 0 Å². The highest BCUT2D eigenvalue weighted by molar-refractivity contribution is 14.1. The second kappa shape index (κ2) is 11.1. The Bertz CT molecular complexity index is 979. The first-order valence-electron chi connectivity index (χ1n) is 11.8. The molecule has 1 fully saturated rings. The highest BCUT2D eigenvalue weighted by Gasteiger charge is 2.54. The summed E-state index contributed by atoms with van der Waals surface area (Å²) >= 11 is 1.99. The van der Waals surface area contributed by atoms with E-state index in [1.54, 1.807) is 6.07 Å². The summed E-state index contributed by atoms with van der Waals surface area (Å²) < 4.78 is 41.1. The van der Waals surface area contributed by atoms with Gasteiger partial charge in [0, 0.05) is 9.84 Å². The van der Waals surface area contributed by atoms with Crippen molar-refractivity contribution >= 4 is 36.3 Å². The van der Waals surface area contributed by atoms with Crippen LogP contribution in [-0.4, -0.2) is 69.5 Å². The molecule has 0 aromatic heterocycles. The molecule has 196 valence electrons. The molecule has 0 saturated heterocycles. The van der Waals surface area contributed by atoms with Crippen LogP contribution in [0.1, 0.15) is 61.4 Å². The van der Waals surface area contributed by atoms with Crippen LogP contribution in [0.2, 0.25) is 0 Å². The standard InChI is InChI=1S/C22H31INO10P/c1-3-5-7-32-35(29,33-8-6-4-2)34-21-14-11(9-12-20(21)31-10-30-12)13-15(23)17(25)19(27)18(26)16(13)24-22(14)28/h9,13,15-19,25-27H,3-8,10H2,1-2H3,(H,24,28)/t13?,15?,16-,17+,18+,19-/m1/s1. The number of amides is 1. The number of rotatable bonds is 10. The zero-order valence-corrected chi connectivity index (χ0v) is 22.6. The number of carbonyl (C=O) groups is 1. The van der Waals surface area contributed by atoms with Crippen LogP contribution in [0.4, 0.5) is 0 Å².